The highest BCUT2D eigenvalue weighted by Crippen LogP contribution is 2.53. The maximum Gasteiger partial charge on any atom is 0.115 e. The van der Waals surface area contributed by atoms with Crippen LogP contribution in [-0.4, -0.2) is 18.2 Å². The lowest BCUT2D eigenvalue weighted by atomic mass is 9.61. The van der Waals surface area contributed by atoms with E-state index >= 15 is 0 Å². The SMILES string of the molecule is Oc1ccc([C@H]2CNCC23CCC3)cc1. The molecule has 3 rings (SSSR count). The Hall–Kier alpha value is -1.02. The summed E-state index contributed by atoms with van der Waals surface area (Å²) < 4.78 is 0. The molecule has 0 aromatic heterocycles. The quantitative estimate of drug-likeness (QED) is 0.733. The highest BCUT2D eigenvalue weighted by atomic mass is 16.3. The first-order valence-electron chi connectivity index (χ1n) is 5.80. The predicted molar refractivity (Wildman–Crippen MR) is 60.0 cm³/mol. The van der Waals surface area contributed by atoms with Crippen molar-refractivity contribution in [1.82, 2.24) is 5.32 Å². The summed E-state index contributed by atoms with van der Waals surface area (Å²) >= 11 is 0. The van der Waals surface area contributed by atoms with Gasteiger partial charge in [0, 0.05) is 19.0 Å². The summed E-state index contributed by atoms with van der Waals surface area (Å²) in [7, 11) is 0. The van der Waals surface area contributed by atoms with Crippen molar-refractivity contribution in [2.24, 2.45) is 5.41 Å². The maximum absolute atomic E-state index is 9.29. The lowest BCUT2D eigenvalue weighted by molar-refractivity contribution is 0.137. The zero-order valence-corrected chi connectivity index (χ0v) is 8.87. The molecule has 0 amide bonds. The molecule has 2 nitrogen and oxygen atoms in total. The van der Waals surface area contributed by atoms with Crippen LogP contribution in [0.1, 0.15) is 30.7 Å². The third-order valence-electron chi connectivity index (χ3n) is 4.21. The summed E-state index contributed by atoms with van der Waals surface area (Å²) in [5, 5.41) is 12.8. The average Bonchev–Trinajstić information content (AvgIpc) is 2.62. The second-order valence-electron chi connectivity index (χ2n) is 4.99. The molecule has 1 aliphatic carbocycles. The molecule has 1 saturated heterocycles. The van der Waals surface area contributed by atoms with E-state index in [2.05, 4.69) is 17.4 Å². The van der Waals surface area contributed by atoms with E-state index in [9.17, 15) is 5.11 Å². The summed E-state index contributed by atoms with van der Waals surface area (Å²) in [6, 6.07) is 7.76. The molecule has 1 spiro atoms. The third-order valence-corrected chi connectivity index (χ3v) is 4.21. The van der Waals surface area contributed by atoms with E-state index in [-0.39, 0.29) is 0 Å². The largest absolute Gasteiger partial charge is 0.508 e. The molecule has 15 heavy (non-hydrogen) atoms. The van der Waals surface area contributed by atoms with Gasteiger partial charge in [0.05, 0.1) is 0 Å². The third kappa shape index (κ3) is 1.36. The zero-order chi connectivity index (χ0) is 10.3. The topological polar surface area (TPSA) is 32.3 Å². The number of phenolic OH excluding ortho intramolecular Hbond substituents is 1. The van der Waals surface area contributed by atoms with E-state index in [0.717, 1.165) is 6.54 Å². The molecule has 80 valence electrons. The number of phenols is 1. The summed E-state index contributed by atoms with van der Waals surface area (Å²) in [6.07, 6.45) is 4.12. The van der Waals surface area contributed by atoms with Gasteiger partial charge in [0.1, 0.15) is 5.75 Å². The van der Waals surface area contributed by atoms with Crippen molar-refractivity contribution in [1.29, 1.82) is 0 Å². The van der Waals surface area contributed by atoms with Gasteiger partial charge in [-0.1, -0.05) is 18.6 Å². The maximum atomic E-state index is 9.29. The van der Waals surface area contributed by atoms with E-state index in [1.165, 1.54) is 31.4 Å². The molecule has 0 bridgehead atoms. The first-order valence-corrected chi connectivity index (χ1v) is 5.80. The summed E-state index contributed by atoms with van der Waals surface area (Å²) in [5.41, 5.74) is 1.93. The second kappa shape index (κ2) is 3.24. The number of hydrogen-bond donors (Lipinski definition) is 2. The van der Waals surface area contributed by atoms with Gasteiger partial charge in [-0.15, -0.1) is 0 Å². The van der Waals surface area contributed by atoms with Gasteiger partial charge in [0.25, 0.3) is 0 Å². The van der Waals surface area contributed by atoms with Gasteiger partial charge in [-0.25, -0.2) is 0 Å². The average molecular weight is 203 g/mol. The van der Waals surface area contributed by atoms with Crippen molar-refractivity contribution < 1.29 is 5.11 Å². The van der Waals surface area contributed by atoms with Crippen molar-refractivity contribution in [2.75, 3.05) is 13.1 Å². The Morgan fingerprint density at radius 2 is 1.93 bits per heavy atom. The molecule has 2 heteroatoms. The summed E-state index contributed by atoms with van der Waals surface area (Å²) in [6.45, 7) is 2.28. The fraction of sp³-hybridized carbons (Fsp3) is 0.538. The minimum absolute atomic E-state index is 0.368. The smallest absolute Gasteiger partial charge is 0.115 e. The van der Waals surface area contributed by atoms with Gasteiger partial charge in [0.15, 0.2) is 0 Å². The standard InChI is InChI=1S/C13H17NO/c15-11-4-2-10(3-5-11)12-8-14-9-13(12)6-1-7-13/h2-5,12,14-15H,1,6-9H2/t12-/m1/s1. The Balaban J connectivity index is 1.90. The Morgan fingerprint density at radius 3 is 2.53 bits per heavy atom. The van der Waals surface area contributed by atoms with Crippen LogP contribution in [0.3, 0.4) is 0 Å². The van der Waals surface area contributed by atoms with Crippen LogP contribution in [0.5, 0.6) is 5.75 Å². The van der Waals surface area contributed by atoms with Gasteiger partial charge in [0.2, 0.25) is 0 Å². The van der Waals surface area contributed by atoms with Gasteiger partial charge in [-0.2, -0.15) is 0 Å². The molecule has 1 aromatic carbocycles. The van der Waals surface area contributed by atoms with Crippen LogP contribution < -0.4 is 5.32 Å². The van der Waals surface area contributed by atoms with Crippen molar-refractivity contribution in [2.45, 2.75) is 25.2 Å². The van der Waals surface area contributed by atoms with Crippen LogP contribution in [0, 0.1) is 5.41 Å². The van der Waals surface area contributed by atoms with Gasteiger partial charge >= 0.3 is 0 Å². The molecule has 1 heterocycles. The first kappa shape index (κ1) is 9.22. The molecule has 1 aromatic rings. The van der Waals surface area contributed by atoms with Crippen molar-refractivity contribution in [3.8, 4) is 5.75 Å². The molecular formula is C13H17NO. The van der Waals surface area contributed by atoms with Crippen LogP contribution in [0.15, 0.2) is 24.3 Å². The van der Waals surface area contributed by atoms with Crippen molar-refractivity contribution in [3.05, 3.63) is 29.8 Å². The van der Waals surface area contributed by atoms with E-state index in [1.807, 2.05) is 0 Å². The summed E-state index contributed by atoms with van der Waals surface area (Å²) in [5.74, 6) is 1.03. The fourth-order valence-corrected chi connectivity index (χ4v) is 3.14. The molecule has 2 N–H and O–H groups in total. The number of hydrogen-bond acceptors (Lipinski definition) is 2. The molecule has 2 aliphatic rings. The normalized spacial score (nSPS) is 27.9. The van der Waals surface area contributed by atoms with Crippen LogP contribution >= 0.6 is 0 Å². The van der Waals surface area contributed by atoms with E-state index in [0.29, 0.717) is 17.1 Å². The van der Waals surface area contributed by atoms with Gasteiger partial charge < -0.3 is 10.4 Å². The lowest BCUT2D eigenvalue weighted by Crippen LogP contribution is -2.35. The fourth-order valence-electron chi connectivity index (χ4n) is 3.14. The van der Waals surface area contributed by atoms with Crippen molar-refractivity contribution in [3.63, 3.8) is 0 Å². The monoisotopic (exact) mass is 203 g/mol. The minimum Gasteiger partial charge on any atom is -0.508 e. The number of benzene rings is 1. The Kier molecular flexibility index (Phi) is 1.99. The first-order chi connectivity index (χ1) is 7.30. The number of aromatic hydroxyl groups is 1. The highest BCUT2D eigenvalue weighted by Gasteiger charge is 2.47. The highest BCUT2D eigenvalue weighted by molar-refractivity contribution is 5.31. The molecular weight excluding hydrogens is 186 g/mol. The van der Waals surface area contributed by atoms with E-state index < -0.39 is 0 Å². The molecule has 0 unspecified atom stereocenters. The van der Waals surface area contributed by atoms with Gasteiger partial charge in [-0.05, 0) is 36.0 Å². The second-order valence-corrected chi connectivity index (χ2v) is 4.99. The van der Waals surface area contributed by atoms with E-state index in [1.54, 1.807) is 12.1 Å². The number of rotatable bonds is 1. The Bertz CT molecular complexity index is 353. The molecule has 1 saturated carbocycles. The molecule has 0 radical (unpaired) electrons. The minimum atomic E-state index is 0.368. The summed E-state index contributed by atoms with van der Waals surface area (Å²) in [4.78, 5) is 0. The molecule has 1 atom stereocenters. The van der Waals surface area contributed by atoms with Crippen molar-refractivity contribution >= 4 is 0 Å². The number of nitrogens with one attached hydrogen (secondary N) is 1. The Morgan fingerprint density at radius 1 is 1.20 bits per heavy atom. The van der Waals surface area contributed by atoms with Crippen LogP contribution in [0.4, 0.5) is 0 Å². The molecule has 1 aliphatic heterocycles. The van der Waals surface area contributed by atoms with Crippen LogP contribution in [0.25, 0.3) is 0 Å². The van der Waals surface area contributed by atoms with Crippen LogP contribution in [0.2, 0.25) is 0 Å². The lowest BCUT2D eigenvalue weighted by Gasteiger charge is -2.43. The molecule has 2 fully saturated rings. The Labute approximate surface area is 90.3 Å². The predicted octanol–water partition coefficient (Wildman–Crippen LogP) is 2.25. The van der Waals surface area contributed by atoms with E-state index in [4.69, 9.17) is 0 Å². The zero-order valence-electron chi connectivity index (χ0n) is 8.87. The van der Waals surface area contributed by atoms with Gasteiger partial charge in [-0.3, -0.25) is 0 Å². The van der Waals surface area contributed by atoms with Crippen LogP contribution in [-0.2, 0) is 0 Å².